The van der Waals surface area contributed by atoms with E-state index in [0.717, 1.165) is 22.9 Å². The third kappa shape index (κ3) is 3.77. The van der Waals surface area contributed by atoms with E-state index in [1.165, 1.54) is 6.33 Å². The molecule has 8 heteroatoms. The number of halogens is 1. The van der Waals surface area contributed by atoms with Crippen molar-refractivity contribution in [1.82, 2.24) is 29.7 Å². The van der Waals surface area contributed by atoms with Crippen LogP contribution in [0.2, 0.25) is 0 Å². The first-order valence-electron chi connectivity index (χ1n) is 8.81. The van der Waals surface area contributed by atoms with Crippen molar-refractivity contribution in [1.29, 1.82) is 0 Å². The van der Waals surface area contributed by atoms with Crippen LogP contribution < -0.4 is 0 Å². The number of hydrogen-bond donors (Lipinski definition) is 0. The van der Waals surface area contributed by atoms with E-state index in [1.54, 1.807) is 12.4 Å². The molecule has 0 aliphatic heterocycles. The van der Waals surface area contributed by atoms with E-state index < -0.39 is 5.82 Å². The molecular weight excluding hydrogens is 375 g/mol. The number of aromatic nitrogens is 6. The highest BCUT2D eigenvalue weighted by atomic mass is 32.2. The average molecular weight is 392 g/mol. The van der Waals surface area contributed by atoms with Gasteiger partial charge in [0.1, 0.15) is 11.4 Å². The van der Waals surface area contributed by atoms with Crippen LogP contribution in [-0.4, -0.2) is 29.7 Å². The second kappa shape index (κ2) is 8.26. The Morgan fingerprint density at radius 1 is 1.04 bits per heavy atom. The lowest BCUT2D eigenvalue weighted by Crippen LogP contribution is -2.05. The molecule has 0 bridgehead atoms. The summed E-state index contributed by atoms with van der Waals surface area (Å²) in [7, 11) is 0. The van der Waals surface area contributed by atoms with Gasteiger partial charge in [-0.3, -0.25) is 9.55 Å². The number of nitrogens with zero attached hydrogens (tertiary/aromatic N) is 6. The highest BCUT2D eigenvalue weighted by molar-refractivity contribution is 7.99. The zero-order valence-electron chi connectivity index (χ0n) is 15.2. The second-order valence-electron chi connectivity index (χ2n) is 6.01. The van der Waals surface area contributed by atoms with E-state index in [2.05, 4.69) is 25.1 Å². The average Bonchev–Trinajstić information content (AvgIpc) is 3.13. The topological polar surface area (TPSA) is 69.4 Å². The van der Waals surface area contributed by atoms with Crippen molar-refractivity contribution in [2.45, 2.75) is 30.1 Å². The Balaban J connectivity index is 1.76. The molecular formula is C20H17FN6S. The third-order valence-electron chi connectivity index (χ3n) is 4.17. The fourth-order valence-electron chi connectivity index (χ4n) is 2.77. The molecule has 0 aliphatic carbocycles. The van der Waals surface area contributed by atoms with Crippen LogP contribution >= 0.6 is 11.8 Å². The minimum Gasteiger partial charge on any atom is -0.297 e. The summed E-state index contributed by atoms with van der Waals surface area (Å²) in [6.45, 7) is 2.41. The molecule has 140 valence electrons. The van der Waals surface area contributed by atoms with E-state index in [1.807, 2.05) is 54.0 Å². The summed E-state index contributed by atoms with van der Waals surface area (Å²) in [5, 5.41) is 9.44. The molecule has 1 aromatic carbocycles. The molecule has 0 amide bonds. The van der Waals surface area contributed by atoms with Crippen LogP contribution in [0.3, 0.4) is 0 Å². The number of benzene rings is 1. The van der Waals surface area contributed by atoms with Gasteiger partial charge in [-0.05, 0) is 35.9 Å². The maximum absolute atomic E-state index is 14.6. The number of aryl methyl sites for hydroxylation is 1. The SMILES string of the molecule is CCc1ncnc(Sc2nnc(-c3cccnc3)n2Cc2ccccc2)c1F. The summed E-state index contributed by atoms with van der Waals surface area (Å²) in [5.74, 6) is 0.261. The number of hydrogen-bond acceptors (Lipinski definition) is 6. The van der Waals surface area contributed by atoms with Crippen molar-refractivity contribution in [2.75, 3.05) is 0 Å². The quantitative estimate of drug-likeness (QED) is 0.462. The van der Waals surface area contributed by atoms with Crippen molar-refractivity contribution in [3.63, 3.8) is 0 Å². The molecule has 0 spiro atoms. The Bertz CT molecular complexity index is 1070. The fraction of sp³-hybridized carbons (Fsp3) is 0.150. The highest BCUT2D eigenvalue weighted by Crippen LogP contribution is 2.31. The van der Waals surface area contributed by atoms with Gasteiger partial charge in [-0.1, -0.05) is 37.3 Å². The summed E-state index contributed by atoms with van der Waals surface area (Å²) < 4.78 is 16.6. The zero-order chi connectivity index (χ0) is 19.3. The molecule has 3 aromatic heterocycles. The molecule has 28 heavy (non-hydrogen) atoms. The van der Waals surface area contributed by atoms with Gasteiger partial charge in [0, 0.05) is 18.0 Å². The van der Waals surface area contributed by atoms with Crippen LogP contribution in [0.15, 0.2) is 71.4 Å². The first kappa shape index (κ1) is 18.2. The molecule has 3 heterocycles. The van der Waals surface area contributed by atoms with Crippen molar-refractivity contribution >= 4 is 11.8 Å². The minimum absolute atomic E-state index is 0.242. The van der Waals surface area contributed by atoms with E-state index in [4.69, 9.17) is 0 Å². The van der Waals surface area contributed by atoms with E-state index in [-0.39, 0.29) is 5.03 Å². The Kier molecular flexibility index (Phi) is 5.38. The van der Waals surface area contributed by atoms with E-state index in [9.17, 15) is 4.39 Å². The summed E-state index contributed by atoms with van der Waals surface area (Å²) in [6.07, 6.45) is 5.32. The lowest BCUT2D eigenvalue weighted by molar-refractivity contribution is 0.558. The van der Waals surface area contributed by atoms with Crippen molar-refractivity contribution in [3.05, 3.63) is 78.3 Å². The van der Waals surface area contributed by atoms with Gasteiger partial charge in [-0.15, -0.1) is 10.2 Å². The predicted octanol–water partition coefficient (Wildman–Crippen LogP) is 4.03. The number of rotatable bonds is 6. The Morgan fingerprint density at radius 2 is 1.89 bits per heavy atom. The standard InChI is InChI=1S/C20H17FN6S/c1-2-16-17(21)19(24-13-23-16)28-20-26-25-18(15-9-6-10-22-11-15)27(20)12-14-7-4-3-5-8-14/h3-11,13H,2,12H2,1H3. The van der Waals surface area contributed by atoms with Crippen LogP contribution in [0.4, 0.5) is 4.39 Å². The lowest BCUT2D eigenvalue weighted by Gasteiger charge is -2.10. The summed E-state index contributed by atoms with van der Waals surface area (Å²) >= 11 is 1.15. The normalized spacial score (nSPS) is 10.9. The van der Waals surface area contributed by atoms with E-state index in [0.29, 0.717) is 29.6 Å². The summed E-state index contributed by atoms with van der Waals surface area (Å²) in [4.78, 5) is 12.3. The number of pyridine rings is 1. The first-order valence-corrected chi connectivity index (χ1v) is 9.62. The lowest BCUT2D eigenvalue weighted by atomic mass is 10.2. The molecule has 0 N–H and O–H groups in total. The van der Waals surface area contributed by atoms with Gasteiger partial charge in [0.15, 0.2) is 16.8 Å². The van der Waals surface area contributed by atoms with Crippen LogP contribution in [0.25, 0.3) is 11.4 Å². The third-order valence-corrected chi connectivity index (χ3v) is 5.14. The van der Waals surface area contributed by atoms with Gasteiger partial charge in [0.25, 0.3) is 0 Å². The molecule has 0 radical (unpaired) electrons. The molecule has 0 fully saturated rings. The van der Waals surface area contributed by atoms with Crippen LogP contribution in [-0.2, 0) is 13.0 Å². The van der Waals surface area contributed by atoms with Gasteiger partial charge >= 0.3 is 0 Å². The van der Waals surface area contributed by atoms with E-state index >= 15 is 0 Å². The molecule has 4 aromatic rings. The van der Waals surface area contributed by atoms with Gasteiger partial charge in [0.05, 0.1) is 12.2 Å². The maximum Gasteiger partial charge on any atom is 0.198 e. The summed E-state index contributed by atoms with van der Waals surface area (Å²) in [6, 6.07) is 13.8. The van der Waals surface area contributed by atoms with Crippen molar-refractivity contribution in [3.8, 4) is 11.4 Å². The highest BCUT2D eigenvalue weighted by Gasteiger charge is 2.19. The first-order chi connectivity index (χ1) is 13.8. The van der Waals surface area contributed by atoms with Gasteiger partial charge in [-0.2, -0.15) is 0 Å². The molecule has 0 saturated carbocycles. The largest absolute Gasteiger partial charge is 0.297 e. The Labute approximate surface area is 165 Å². The monoisotopic (exact) mass is 392 g/mol. The molecule has 0 atom stereocenters. The Morgan fingerprint density at radius 3 is 2.64 bits per heavy atom. The van der Waals surface area contributed by atoms with Gasteiger partial charge < -0.3 is 0 Å². The molecule has 6 nitrogen and oxygen atoms in total. The van der Waals surface area contributed by atoms with Crippen molar-refractivity contribution in [2.24, 2.45) is 0 Å². The maximum atomic E-state index is 14.6. The Hall–Kier alpha value is -3.13. The fourth-order valence-corrected chi connectivity index (χ4v) is 3.60. The van der Waals surface area contributed by atoms with Crippen molar-refractivity contribution < 1.29 is 4.39 Å². The van der Waals surface area contributed by atoms with Crippen LogP contribution in [0.5, 0.6) is 0 Å². The summed E-state index contributed by atoms with van der Waals surface area (Å²) in [5.41, 5.74) is 2.32. The smallest absolute Gasteiger partial charge is 0.198 e. The molecule has 0 aliphatic rings. The molecule has 4 rings (SSSR count). The van der Waals surface area contributed by atoms with Gasteiger partial charge in [-0.25, -0.2) is 14.4 Å². The zero-order valence-corrected chi connectivity index (χ0v) is 16.0. The molecule has 0 unspecified atom stereocenters. The van der Waals surface area contributed by atoms with Crippen LogP contribution in [0.1, 0.15) is 18.2 Å². The molecule has 0 saturated heterocycles. The van der Waals surface area contributed by atoms with Gasteiger partial charge in [0.2, 0.25) is 0 Å². The predicted molar refractivity (Wildman–Crippen MR) is 104 cm³/mol. The second-order valence-corrected chi connectivity index (χ2v) is 6.97. The minimum atomic E-state index is -0.410. The van der Waals surface area contributed by atoms with Crippen LogP contribution in [0, 0.1) is 5.82 Å².